The third-order valence-corrected chi connectivity index (χ3v) is 3.67. The molecule has 0 aliphatic rings. The van der Waals surface area contributed by atoms with Gasteiger partial charge in [-0.1, -0.05) is 39.5 Å². The summed E-state index contributed by atoms with van der Waals surface area (Å²) in [4.78, 5) is 21.1. The minimum absolute atomic E-state index is 0.241. The summed E-state index contributed by atoms with van der Waals surface area (Å²) in [7, 11) is 0. The number of hydrogen-bond donors (Lipinski definition) is 2. The van der Waals surface area contributed by atoms with Gasteiger partial charge in [-0.2, -0.15) is 0 Å². The maximum atomic E-state index is 10.5. The largest absolute Gasteiger partial charge is 0.481 e. The summed E-state index contributed by atoms with van der Waals surface area (Å²) in [6.45, 7) is 4.18. The molecule has 4 nitrogen and oxygen atoms in total. The number of carboxylic acid groups (broad SMARTS) is 2. The van der Waals surface area contributed by atoms with Crippen LogP contribution in [0.15, 0.2) is 0 Å². The number of hydrogen-bond acceptors (Lipinski definition) is 2. The van der Waals surface area contributed by atoms with E-state index in [1.807, 2.05) is 0 Å². The van der Waals surface area contributed by atoms with Gasteiger partial charge >= 0.3 is 11.9 Å². The average Bonchev–Trinajstić information content (AvgIpc) is 2.32. The molecule has 18 heavy (non-hydrogen) atoms. The molecule has 0 radical (unpaired) electrons. The van der Waals surface area contributed by atoms with Gasteiger partial charge in [-0.15, -0.1) is 0 Å². The van der Waals surface area contributed by atoms with Crippen molar-refractivity contribution in [3.8, 4) is 0 Å². The first-order valence-corrected chi connectivity index (χ1v) is 6.93. The topological polar surface area (TPSA) is 74.6 Å². The Balaban J connectivity index is 3.91. The van der Waals surface area contributed by atoms with Crippen LogP contribution in [0.5, 0.6) is 0 Å². The summed E-state index contributed by atoms with van der Waals surface area (Å²) in [6, 6.07) is 0. The SMILES string of the molecule is CCC(CCC(=O)O)CCC(CC)CCC(=O)O. The molecule has 0 aromatic carbocycles. The molecule has 0 heterocycles. The lowest BCUT2D eigenvalue weighted by atomic mass is 9.87. The minimum Gasteiger partial charge on any atom is -0.481 e. The van der Waals surface area contributed by atoms with Gasteiger partial charge in [0.1, 0.15) is 0 Å². The highest BCUT2D eigenvalue weighted by Crippen LogP contribution is 2.24. The van der Waals surface area contributed by atoms with E-state index in [0.717, 1.165) is 38.5 Å². The summed E-state index contributed by atoms with van der Waals surface area (Å²) in [5.74, 6) is -0.544. The molecule has 2 unspecified atom stereocenters. The van der Waals surface area contributed by atoms with Crippen molar-refractivity contribution in [3.05, 3.63) is 0 Å². The van der Waals surface area contributed by atoms with Gasteiger partial charge in [0.15, 0.2) is 0 Å². The molecule has 0 aromatic heterocycles. The second-order valence-corrected chi connectivity index (χ2v) is 4.99. The van der Waals surface area contributed by atoms with Gasteiger partial charge in [0, 0.05) is 12.8 Å². The van der Waals surface area contributed by atoms with Crippen LogP contribution in [-0.4, -0.2) is 22.2 Å². The summed E-state index contributed by atoms with van der Waals surface area (Å²) < 4.78 is 0. The Morgan fingerprint density at radius 3 is 1.33 bits per heavy atom. The van der Waals surface area contributed by atoms with E-state index < -0.39 is 11.9 Å². The normalized spacial score (nSPS) is 14.1. The predicted octanol–water partition coefficient (Wildman–Crippen LogP) is 3.55. The molecule has 106 valence electrons. The fourth-order valence-corrected chi connectivity index (χ4v) is 2.23. The summed E-state index contributed by atoms with van der Waals surface area (Å²) in [5.41, 5.74) is 0. The smallest absolute Gasteiger partial charge is 0.303 e. The van der Waals surface area contributed by atoms with Crippen molar-refractivity contribution < 1.29 is 19.8 Å². The molecule has 0 saturated heterocycles. The number of aliphatic carboxylic acids is 2. The Morgan fingerprint density at radius 2 is 1.11 bits per heavy atom. The van der Waals surface area contributed by atoms with Crippen molar-refractivity contribution in [1.82, 2.24) is 0 Å². The van der Waals surface area contributed by atoms with Crippen LogP contribution < -0.4 is 0 Å². The lowest BCUT2D eigenvalue weighted by Gasteiger charge is -2.18. The zero-order valence-electron chi connectivity index (χ0n) is 11.5. The van der Waals surface area contributed by atoms with Gasteiger partial charge in [0.25, 0.3) is 0 Å². The fraction of sp³-hybridized carbons (Fsp3) is 0.857. The van der Waals surface area contributed by atoms with Gasteiger partial charge < -0.3 is 10.2 Å². The molecule has 0 amide bonds. The fourth-order valence-electron chi connectivity index (χ4n) is 2.23. The highest BCUT2D eigenvalue weighted by atomic mass is 16.4. The highest BCUT2D eigenvalue weighted by Gasteiger charge is 2.13. The van der Waals surface area contributed by atoms with Crippen LogP contribution >= 0.6 is 0 Å². The van der Waals surface area contributed by atoms with Gasteiger partial charge in [0.05, 0.1) is 0 Å². The van der Waals surface area contributed by atoms with E-state index in [1.165, 1.54) is 0 Å². The van der Waals surface area contributed by atoms with E-state index in [2.05, 4.69) is 13.8 Å². The molecule has 0 aromatic rings. The molecule has 0 fully saturated rings. The molecule has 0 aliphatic carbocycles. The highest BCUT2D eigenvalue weighted by molar-refractivity contribution is 5.66. The molecule has 0 rings (SSSR count). The van der Waals surface area contributed by atoms with Crippen LogP contribution in [0.2, 0.25) is 0 Å². The van der Waals surface area contributed by atoms with E-state index in [-0.39, 0.29) is 12.8 Å². The van der Waals surface area contributed by atoms with Crippen LogP contribution in [0.25, 0.3) is 0 Å². The molecule has 2 atom stereocenters. The second-order valence-electron chi connectivity index (χ2n) is 4.99. The van der Waals surface area contributed by atoms with Crippen molar-refractivity contribution >= 4 is 11.9 Å². The van der Waals surface area contributed by atoms with E-state index in [4.69, 9.17) is 10.2 Å². The van der Waals surface area contributed by atoms with Gasteiger partial charge in [0.2, 0.25) is 0 Å². The summed E-state index contributed by atoms with van der Waals surface area (Å²) >= 11 is 0. The van der Waals surface area contributed by atoms with Gasteiger partial charge in [-0.25, -0.2) is 0 Å². The number of rotatable bonds is 11. The lowest BCUT2D eigenvalue weighted by Crippen LogP contribution is -2.08. The zero-order chi connectivity index (χ0) is 14.0. The quantitative estimate of drug-likeness (QED) is 0.594. The number of carbonyl (C=O) groups is 2. The van der Waals surface area contributed by atoms with Crippen molar-refractivity contribution in [2.75, 3.05) is 0 Å². The molecule has 0 spiro atoms. The maximum Gasteiger partial charge on any atom is 0.303 e. The first kappa shape index (κ1) is 16.9. The molecule has 2 N–H and O–H groups in total. The monoisotopic (exact) mass is 258 g/mol. The van der Waals surface area contributed by atoms with Gasteiger partial charge in [-0.3, -0.25) is 9.59 Å². The van der Waals surface area contributed by atoms with Crippen LogP contribution in [0.1, 0.15) is 65.2 Å². The molecule has 0 bridgehead atoms. The van der Waals surface area contributed by atoms with Crippen molar-refractivity contribution in [2.45, 2.75) is 65.2 Å². The third kappa shape index (κ3) is 9.02. The lowest BCUT2D eigenvalue weighted by molar-refractivity contribution is -0.138. The molecular weight excluding hydrogens is 232 g/mol. The molecule has 4 heteroatoms. The van der Waals surface area contributed by atoms with E-state index in [1.54, 1.807) is 0 Å². The second kappa shape index (κ2) is 9.92. The van der Waals surface area contributed by atoms with E-state index in [9.17, 15) is 9.59 Å². The molecule has 0 aliphatic heterocycles. The Labute approximate surface area is 109 Å². The van der Waals surface area contributed by atoms with Gasteiger partial charge in [-0.05, 0) is 24.7 Å². The Kier molecular flexibility index (Phi) is 9.33. The summed E-state index contributed by atoms with van der Waals surface area (Å²) in [5, 5.41) is 17.3. The first-order valence-electron chi connectivity index (χ1n) is 6.93. The maximum absolute atomic E-state index is 10.5. The Hall–Kier alpha value is -1.06. The Morgan fingerprint density at radius 1 is 0.778 bits per heavy atom. The molecule has 0 saturated carbocycles. The van der Waals surface area contributed by atoms with Crippen LogP contribution in [0, 0.1) is 11.8 Å². The predicted molar refractivity (Wildman–Crippen MR) is 70.5 cm³/mol. The van der Waals surface area contributed by atoms with Crippen molar-refractivity contribution in [2.24, 2.45) is 11.8 Å². The third-order valence-electron chi connectivity index (χ3n) is 3.67. The van der Waals surface area contributed by atoms with Crippen LogP contribution in [0.4, 0.5) is 0 Å². The van der Waals surface area contributed by atoms with E-state index in [0.29, 0.717) is 11.8 Å². The zero-order valence-corrected chi connectivity index (χ0v) is 11.5. The summed E-state index contributed by atoms with van der Waals surface area (Å²) in [6.07, 6.45) is 5.99. The average molecular weight is 258 g/mol. The van der Waals surface area contributed by atoms with Crippen LogP contribution in [0.3, 0.4) is 0 Å². The van der Waals surface area contributed by atoms with Crippen LogP contribution in [-0.2, 0) is 9.59 Å². The first-order chi connectivity index (χ1) is 8.49. The van der Waals surface area contributed by atoms with Crippen molar-refractivity contribution in [1.29, 1.82) is 0 Å². The van der Waals surface area contributed by atoms with E-state index >= 15 is 0 Å². The minimum atomic E-state index is -0.730. The van der Waals surface area contributed by atoms with Crippen molar-refractivity contribution in [3.63, 3.8) is 0 Å². The Bertz CT molecular complexity index is 224. The number of carboxylic acids is 2. The standard InChI is InChI=1S/C14H26O4/c1-3-11(7-9-13(15)16)5-6-12(4-2)8-10-14(17)18/h11-12H,3-10H2,1-2H3,(H,15,16)(H,17,18). The molecular formula is C14H26O4.